The Labute approximate surface area is 406 Å². The zero-order valence-electron chi connectivity index (χ0n) is 50.4. The van der Waals surface area contributed by atoms with Crippen molar-refractivity contribution < 1.29 is 18.9 Å². The highest BCUT2D eigenvalue weighted by atomic mass is 16.5. The lowest BCUT2D eigenvalue weighted by atomic mass is 10.2. The summed E-state index contributed by atoms with van der Waals surface area (Å²) in [5, 5.41) is 0. The summed E-state index contributed by atoms with van der Waals surface area (Å²) >= 11 is 0. The second-order valence-electron chi connectivity index (χ2n) is 6.75. The standard InChI is InChI=1S/C7H8.3C6H6.4C2H6O.13C2H6/c1-7-5-3-2-4-6-7;3*1-2-4-6-5-3-1;4*1-3-2;13*1-2/h2-6H,1H3;3*1-6H;4*1-2H3;13*1-2H3. The molecule has 0 aliphatic heterocycles. The molecule has 0 amide bonds. The first kappa shape index (κ1) is 113. The number of rotatable bonds is 0. The molecule has 0 unspecified atom stereocenters. The molecule has 0 saturated carbocycles. The van der Waals surface area contributed by atoms with E-state index in [1.807, 2.05) is 307 Å². The molecule has 0 bridgehead atoms. The van der Waals surface area contributed by atoms with Crippen molar-refractivity contribution in [2.45, 2.75) is 187 Å². The summed E-state index contributed by atoms with van der Waals surface area (Å²) < 4.78 is 17.0. The molecular weight excluding hydrogens is 773 g/mol. The number of hydrogen-bond acceptors (Lipinski definition) is 4. The predicted octanol–water partition coefficient (Wildman–Crippen LogP) is 21.4. The number of benzene rings is 4. The number of methoxy groups -OCH3 is 4. The number of aryl methyl sites for hydroxylation is 1. The summed E-state index contributed by atoms with van der Waals surface area (Å²) in [5.41, 5.74) is 1.32. The first-order valence-electron chi connectivity index (χ1n) is 24.7. The Morgan fingerprint density at radius 3 is 0.286 bits per heavy atom. The quantitative estimate of drug-likeness (QED) is 0.176. The minimum absolute atomic E-state index is 1.32. The maximum atomic E-state index is 4.25. The summed E-state index contributed by atoms with van der Waals surface area (Å²) in [5.74, 6) is 0. The van der Waals surface area contributed by atoms with Crippen molar-refractivity contribution in [3.63, 3.8) is 0 Å². The van der Waals surface area contributed by atoms with Crippen LogP contribution in [0.3, 0.4) is 0 Å². The molecule has 63 heavy (non-hydrogen) atoms. The van der Waals surface area contributed by atoms with Crippen LogP contribution in [0.25, 0.3) is 0 Å². The molecule has 0 aliphatic carbocycles. The van der Waals surface area contributed by atoms with Crippen LogP contribution in [0.4, 0.5) is 0 Å². The van der Waals surface area contributed by atoms with Crippen molar-refractivity contribution in [2.75, 3.05) is 56.9 Å². The first-order valence-corrected chi connectivity index (χ1v) is 24.7. The van der Waals surface area contributed by atoms with Crippen LogP contribution in [0.5, 0.6) is 0 Å². The molecule has 4 aromatic carbocycles. The van der Waals surface area contributed by atoms with Gasteiger partial charge in [0.2, 0.25) is 0 Å². The zero-order chi connectivity index (χ0) is 54.7. The lowest BCUT2D eigenvalue weighted by Gasteiger charge is -1.82. The van der Waals surface area contributed by atoms with Crippen molar-refractivity contribution in [3.05, 3.63) is 145 Å². The Morgan fingerprint density at radius 1 is 0.175 bits per heavy atom. The van der Waals surface area contributed by atoms with Crippen LogP contribution in [0.1, 0.15) is 186 Å². The minimum Gasteiger partial charge on any atom is -0.388 e. The van der Waals surface area contributed by atoms with Gasteiger partial charge in [-0.15, -0.1) is 0 Å². The molecule has 4 aromatic rings. The normalized spacial score (nSPS) is 5.63. The van der Waals surface area contributed by atoms with Gasteiger partial charge >= 0.3 is 0 Å². The minimum atomic E-state index is 1.32. The third-order valence-electron chi connectivity index (χ3n) is 2.94. The van der Waals surface area contributed by atoms with Gasteiger partial charge < -0.3 is 18.9 Å². The topological polar surface area (TPSA) is 36.9 Å². The van der Waals surface area contributed by atoms with Gasteiger partial charge in [-0.2, -0.15) is 0 Å². The molecule has 4 nitrogen and oxygen atoms in total. The van der Waals surface area contributed by atoms with E-state index in [0.717, 1.165) is 0 Å². The molecule has 0 aromatic heterocycles. The fraction of sp³-hybridized carbons (Fsp3) is 0.593. The molecule has 0 heterocycles. The monoisotopic (exact) mass is 901 g/mol. The molecule has 0 radical (unpaired) electrons. The van der Waals surface area contributed by atoms with E-state index in [-0.39, 0.29) is 0 Å². The second kappa shape index (κ2) is 274. The van der Waals surface area contributed by atoms with Gasteiger partial charge in [-0.1, -0.05) is 325 Å². The van der Waals surface area contributed by atoms with Crippen molar-refractivity contribution in [2.24, 2.45) is 0 Å². The molecule has 0 spiro atoms. The van der Waals surface area contributed by atoms with Crippen LogP contribution in [-0.2, 0) is 18.9 Å². The SMILES string of the molecule is CC.CC.CC.CC.CC.CC.CC.CC.CC.CC.CC.CC.CC.COC.COC.COC.COC.Cc1ccccc1.c1ccccc1.c1ccccc1.c1ccccc1. The van der Waals surface area contributed by atoms with Gasteiger partial charge in [0.05, 0.1) is 0 Å². The third kappa shape index (κ3) is 366. The highest BCUT2D eigenvalue weighted by molar-refractivity contribution is 5.11. The predicted molar refractivity (Wildman–Crippen MR) is 310 cm³/mol. The van der Waals surface area contributed by atoms with E-state index in [2.05, 4.69) is 38.0 Å². The average molecular weight is 902 g/mol. The van der Waals surface area contributed by atoms with E-state index in [0.29, 0.717) is 0 Å². The molecule has 0 fully saturated rings. The van der Waals surface area contributed by atoms with E-state index in [1.54, 1.807) is 56.9 Å². The fourth-order valence-electron chi connectivity index (χ4n) is 1.69. The summed E-state index contributed by atoms with van der Waals surface area (Å²) in [7, 11) is 13.0. The van der Waals surface area contributed by atoms with Crippen LogP contribution in [-0.4, -0.2) is 56.9 Å². The largest absolute Gasteiger partial charge is 0.388 e. The Hall–Kier alpha value is -3.28. The summed E-state index contributed by atoms with van der Waals surface area (Å²) in [6, 6.07) is 46.3. The molecular formula is C59H128O4. The maximum Gasteiger partial charge on any atom is 0.0351 e. The Kier molecular flexibility index (Phi) is 491. The van der Waals surface area contributed by atoms with Crippen LogP contribution in [0.2, 0.25) is 0 Å². The van der Waals surface area contributed by atoms with Gasteiger partial charge in [-0.25, -0.2) is 0 Å². The Bertz CT molecular complexity index is 608. The molecule has 388 valence electrons. The van der Waals surface area contributed by atoms with E-state index in [1.165, 1.54) is 5.56 Å². The van der Waals surface area contributed by atoms with Crippen LogP contribution < -0.4 is 0 Å². The second-order valence-corrected chi connectivity index (χ2v) is 6.75. The van der Waals surface area contributed by atoms with Crippen molar-refractivity contribution >= 4 is 0 Å². The van der Waals surface area contributed by atoms with Crippen LogP contribution in [0.15, 0.2) is 140 Å². The summed E-state index contributed by atoms with van der Waals surface area (Å²) in [6.07, 6.45) is 0. The third-order valence-corrected chi connectivity index (χ3v) is 2.94. The van der Waals surface area contributed by atoms with E-state index in [4.69, 9.17) is 0 Å². The van der Waals surface area contributed by atoms with Crippen molar-refractivity contribution in [1.82, 2.24) is 0 Å². The highest BCUT2D eigenvalue weighted by Gasteiger charge is 1.72. The maximum absolute atomic E-state index is 4.25. The van der Waals surface area contributed by atoms with Gasteiger partial charge in [-0.05, 0) is 6.92 Å². The summed E-state index contributed by atoms with van der Waals surface area (Å²) in [4.78, 5) is 0. The van der Waals surface area contributed by atoms with Gasteiger partial charge in [-0.3, -0.25) is 0 Å². The smallest absolute Gasteiger partial charge is 0.0351 e. The molecule has 4 rings (SSSR count). The summed E-state index contributed by atoms with van der Waals surface area (Å²) in [6.45, 7) is 54.1. The lowest BCUT2D eigenvalue weighted by Crippen LogP contribution is -1.62. The highest BCUT2D eigenvalue weighted by Crippen LogP contribution is 1.92. The van der Waals surface area contributed by atoms with E-state index < -0.39 is 0 Å². The first-order chi connectivity index (χ1) is 31.1. The Balaban J connectivity index is -0.0000000241. The van der Waals surface area contributed by atoms with Gasteiger partial charge in [0.25, 0.3) is 0 Å². The van der Waals surface area contributed by atoms with Gasteiger partial charge in [0, 0.05) is 56.9 Å². The molecule has 4 heteroatoms. The lowest BCUT2D eigenvalue weighted by molar-refractivity contribution is 0.277. The molecule has 0 atom stereocenters. The van der Waals surface area contributed by atoms with Gasteiger partial charge in [0.15, 0.2) is 0 Å². The van der Waals surface area contributed by atoms with Gasteiger partial charge in [0.1, 0.15) is 0 Å². The Morgan fingerprint density at radius 2 is 0.238 bits per heavy atom. The number of ether oxygens (including phenoxy) is 4. The average Bonchev–Trinajstić information content (AvgIpc) is 3.42. The molecule has 0 N–H and O–H groups in total. The fourth-order valence-corrected chi connectivity index (χ4v) is 1.69. The molecule has 0 saturated heterocycles. The van der Waals surface area contributed by atoms with Crippen LogP contribution >= 0.6 is 0 Å². The number of hydrogen-bond donors (Lipinski definition) is 0. The molecule has 0 aliphatic rings. The van der Waals surface area contributed by atoms with Crippen LogP contribution in [0, 0.1) is 6.92 Å². The van der Waals surface area contributed by atoms with E-state index in [9.17, 15) is 0 Å². The van der Waals surface area contributed by atoms with E-state index >= 15 is 0 Å². The van der Waals surface area contributed by atoms with Crippen molar-refractivity contribution in [3.8, 4) is 0 Å². The van der Waals surface area contributed by atoms with Crippen molar-refractivity contribution in [1.29, 1.82) is 0 Å². The zero-order valence-corrected chi connectivity index (χ0v) is 50.4.